The molecule has 0 aliphatic carbocycles. The van der Waals surface area contributed by atoms with Crippen molar-refractivity contribution in [1.82, 2.24) is 10.3 Å². The van der Waals surface area contributed by atoms with Crippen molar-refractivity contribution in [3.8, 4) is 0 Å². The molecule has 0 bridgehead atoms. The van der Waals surface area contributed by atoms with Crippen molar-refractivity contribution >= 4 is 22.5 Å². The lowest BCUT2D eigenvalue weighted by molar-refractivity contribution is 0.244. The molecule has 3 N–H and O–H groups in total. The Morgan fingerprint density at radius 1 is 1.36 bits per heavy atom. The van der Waals surface area contributed by atoms with E-state index in [-0.39, 0.29) is 18.7 Å². The van der Waals surface area contributed by atoms with Crippen LogP contribution in [0.2, 0.25) is 0 Å². The maximum absolute atomic E-state index is 12.1. The fourth-order valence-electron chi connectivity index (χ4n) is 2.12. The Bertz CT molecular complexity index is 586. The number of aryl methyl sites for hydroxylation is 1. The zero-order chi connectivity index (χ0) is 15.8. The molecule has 0 aliphatic rings. The second-order valence-electron chi connectivity index (χ2n) is 4.93. The van der Waals surface area contributed by atoms with E-state index in [1.54, 1.807) is 0 Å². The van der Waals surface area contributed by atoms with Gasteiger partial charge in [0.25, 0.3) is 0 Å². The highest BCUT2D eigenvalue weighted by atomic mass is 32.1. The Balaban J connectivity index is 1.98. The van der Waals surface area contributed by atoms with E-state index in [1.165, 1.54) is 11.3 Å². The van der Waals surface area contributed by atoms with E-state index in [1.807, 2.05) is 42.6 Å². The van der Waals surface area contributed by atoms with Crippen LogP contribution in [0.5, 0.6) is 0 Å². The predicted octanol–water partition coefficient (Wildman–Crippen LogP) is 3.34. The number of nitrogens with one attached hydrogen (secondary N) is 2. The van der Waals surface area contributed by atoms with E-state index < -0.39 is 0 Å². The van der Waals surface area contributed by atoms with Gasteiger partial charge in [-0.05, 0) is 24.8 Å². The number of carbonyl (C=O) groups is 1. The van der Waals surface area contributed by atoms with E-state index in [9.17, 15) is 4.79 Å². The fraction of sp³-hybridized carbons (Fsp3) is 0.375. The van der Waals surface area contributed by atoms with Crippen LogP contribution in [-0.2, 0) is 6.42 Å². The van der Waals surface area contributed by atoms with Crippen LogP contribution in [0.3, 0.4) is 0 Å². The van der Waals surface area contributed by atoms with Crippen LogP contribution in [0.25, 0.3) is 0 Å². The highest BCUT2D eigenvalue weighted by molar-refractivity contribution is 7.13. The maximum atomic E-state index is 12.1. The third kappa shape index (κ3) is 4.82. The Kier molecular flexibility index (Phi) is 6.36. The SMILES string of the molecule is CCc1csc(NC(=O)N[C@@H](CCCO)c2ccccc2)n1. The van der Waals surface area contributed by atoms with Gasteiger partial charge in [0.05, 0.1) is 11.7 Å². The number of hydrogen-bond donors (Lipinski definition) is 3. The van der Waals surface area contributed by atoms with E-state index in [4.69, 9.17) is 5.11 Å². The number of hydrogen-bond acceptors (Lipinski definition) is 4. The topological polar surface area (TPSA) is 74.2 Å². The van der Waals surface area contributed by atoms with Gasteiger partial charge in [-0.25, -0.2) is 9.78 Å². The fourth-order valence-corrected chi connectivity index (χ4v) is 2.91. The Labute approximate surface area is 134 Å². The minimum atomic E-state index is -0.274. The summed E-state index contributed by atoms with van der Waals surface area (Å²) in [7, 11) is 0. The smallest absolute Gasteiger partial charge is 0.321 e. The van der Waals surface area contributed by atoms with Crippen molar-refractivity contribution in [2.45, 2.75) is 32.2 Å². The first-order chi connectivity index (χ1) is 10.7. The van der Waals surface area contributed by atoms with Crippen molar-refractivity contribution in [2.24, 2.45) is 0 Å². The number of carbonyl (C=O) groups excluding carboxylic acids is 1. The summed E-state index contributed by atoms with van der Waals surface area (Å²) in [6.07, 6.45) is 2.17. The van der Waals surface area contributed by atoms with Crippen molar-refractivity contribution < 1.29 is 9.90 Å². The van der Waals surface area contributed by atoms with Gasteiger partial charge in [-0.1, -0.05) is 37.3 Å². The highest BCUT2D eigenvalue weighted by Gasteiger charge is 2.15. The molecule has 2 aromatic rings. The molecule has 0 unspecified atom stereocenters. The van der Waals surface area contributed by atoms with Crippen molar-refractivity contribution in [2.75, 3.05) is 11.9 Å². The number of anilines is 1. The standard InChI is InChI=1S/C16H21N3O2S/c1-2-13-11-22-16(17-13)19-15(21)18-14(9-6-10-20)12-7-4-3-5-8-12/h3-5,7-8,11,14,20H,2,6,9-10H2,1H3,(H2,17,18,19,21)/t14-/m0/s1. The average Bonchev–Trinajstić information content (AvgIpc) is 2.99. The zero-order valence-corrected chi connectivity index (χ0v) is 13.4. The molecule has 0 saturated carbocycles. The summed E-state index contributed by atoms with van der Waals surface area (Å²) in [6, 6.07) is 9.36. The van der Waals surface area contributed by atoms with Crippen LogP contribution in [0, 0.1) is 0 Å². The molecule has 0 spiro atoms. The van der Waals surface area contributed by atoms with Gasteiger partial charge in [-0.3, -0.25) is 5.32 Å². The predicted molar refractivity (Wildman–Crippen MR) is 89.1 cm³/mol. The third-order valence-electron chi connectivity index (χ3n) is 3.29. The van der Waals surface area contributed by atoms with E-state index in [2.05, 4.69) is 15.6 Å². The largest absolute Gasteiger partial charge is 0.396 e. The highest BCUT2D eigenvalue weighted by Crippen LogP contribution is 2.19. The van der Waals surface area contributed by atoms with Gasteiger partial charge in [0.1, 0.15) is 0 Å². The number of amides is 2. The number of aromatic nitrogens is 1. The average molecular weight is 319 g/mol. The van der Waals surface area contributed by atoms with Gasteiger partial charge in [0.15, 0.2) is 5.13 Å². The maximum Gasteiger partial charge on any atom is 0.321 e. The number of thiazole rings is 1. The summed E-state index contributed by atoms with van der Waals surface area (Å²) < 4.78 is 0. The Hall–Kier alpha value is -1.92. The van der Waals surface area contributed by atoms with Gasteiger partial charge in [0.2, 0.25) is 0 Å². The number of benzene rings is 1. The molecule has 0 fully saturated rings. The summed E-state index contributed by atoms with van der Waals surface area (Å²) in [5.74, 6) is 0. The number of aliphatic hydroxyl groups is 1. The first-order valence-electron chi connectivity index (χ1n) is 7.40. The lowest BCUT2D eigenvalue weighted by atomic mass is 10.0. The zero-order valence-electron chi connectivity index (χ0n) is 12.6. The molecule has 2 amide bonds. The Morgan fingerprint density at radius 3 is 2.77 bits per heavy atom. The molecular formula is C16H21N3O2S. The molecule has 6 heteroatoms. The van der Waals surface area contributed by atoms with Crippen LogP contribution >= 0.6 is 11.3 Å². The van der Waals surface area contributed by atoms with Gasteiger partial charge in [0, 0.05) is 12.0 Å². The minimum Gasteiger partial charge on any atom is -0.396 e. The summed E-state index contributed by atoms with van der Waals surface area (Å²) in [5, 5.41) is 17.3. The van der Waals surface area contributed by atoms with Gasteiger partial charge >= 0.3 is 6.03 Å². The van der Waals surface area contributed by atoms with Crippen LogP contribution in [0.4, 0.5) is 9.93 Å². The molecule has 2 rings (SSSR count). The molecule has 0 radical (unpaired) electrons. The minimum absolute atomic E-state index is 0.110. The normalized spacial score (nSPS) is 11.9. The molecule has 118 valence electrons. The van der Waals surface area contributed by atoms with E-state index in [0.717, 1.165) is 17.7 Å². The number of nitrogens with zero attached hydrogens (tertiary/aromatic N) is 1. The second-order valence-corrected chi connectivity index (χ2v) is 5.78. The van der Waals surface area contributed by atoms with Crippen LogP contribution in [0.15, 0.2) is 35.7 Å². The Morgan fingerprint density at radius 2 is 2.14 bits per heavy atom. The molecule has 1 atom stereocenters. The molecule has 5 nitrogen and oxygen atoms in total. The monoisotopic (exact) mass is 319 g/mol. The van der Waals surface area contributed by atoms with Crippen LogP contribution < -0.4 is 10.6 Å². The van der Waals surface area contributed by atoms with Gasteiger partial charge in [-0.2, -0.15) is 0 Å². The molecule has 0 saturated heterocycles. The lowest BCUT2D eigenvalue weighted by Gasteiger charge is -2.18. The van der Waals surface area contributed by atoms with Gasteiger partial charge < -0.3 is 10.4 Å². The number of aliphatic hydroxyl groups excluding tert-OH is 1. The third-order valence-corrected chi connectivity index (χ3v) is 4.10. The first kappa shape index (κ1) is 16.5. The van der Waals surface area contributed by atoms with E-state index in [0.29, 0.717) is 18.0 Å². The summed E-state index contributed by atoms with van der Waals surface area (Å²) in [4.78, 5) is 16.5. The van der Waals surface area contributed by atoms with Gasteiger partial charge in [-0.15, -0.1) is 11.3 Å². The van der Waals surface area contributed by atoms with Crippen molar-refractivity contribution in [3.63, 3.8) is 0 Å². The molecule has 1 aromatic heterocycles. The van der Waals surface area contributed by atoms with Crippen LogP contribution in [0.1, 0.15) is 37.1 Å². The van der Waals surface area contributed by atoms with Crippen molar-refractivity contribution in [3.05, 3.63) is 47.0 Å². The summed E-state index contributed by atoms with van der Waals surface area (Å²) in [6.45, 7) is 2.14. The number of urea groups is 1. The first-order valence-corrected chi connectivity index (χ1v) is 8.28. The quantitative estimate of drug-likeness (QED) is 0.733. The summed E-state index contributed by atoms with van der Waals surface area (Å²) >= 11 is 1.42. The number of rotatable bonds is 7. The van der Waals surface area contributed by atoms with E-state index >= 15 is 0 Å². The second kappa shape index (κ2) is 8.51. The molecule has 22 heavy (non-hydrogen) atoms. The molecule has 1 aromatic carbocycles. The van der Waals surface area contributed by atoms with Crippen LogP contribution in [-0.4, -0.2) is 22.7 Å². The lowest BCUT2D eigenvalue weighted by Crippen LogP contribution is -2.32. The van der Waals surface area contributed by atoms with Crippen molar-refractivity contribution in [1.29, 1.82) is 0 Å². The molecule has 1 heterocycles. The molecular weight excluding hydrogens is 298 g/mol. The molecule has 0 aliphatic heterocycles. The summed E-state index contributed by atoms with van der Waals surface area (Å²) in [5.41, 5.74) is 2.00.